The van der Waals surface area contributed by atoms with Crippen LogP contribution in [0, 0.1) is 5.82 Å². The molecule has 1 amide bonds. The average molecular weight is 226 g/mol. The van der Waals surface area contributed by atoms with E-state index in [9.17, 15) is 9.18 Å². The molecule has 0 fully saturated rings. The number of benzene rings is 1. The summed E-state index contributed by atoms with van der Waals surface area (Å²) in [5.41, 5.74) is 0.511. The second kappa shape index (κ2) is 5.41. The topological polar surface area (TPSA) is 41.1 Å². The fraction of sp³-hybridized carbons (Fsp3) is 0.200. The monoisotopic (exact) mass is 226 g/mol. The van der Waals surface area contributed by atoms with E-state index in [4.69, 9.17) is 12.2 Å². The van der Waals surface area contributed by atoms with Crippen LogP contribution in [0.4, 0.5) is 10.1 Å². The van der Waals surface area contributed by atoms with Crippen molar-refractivity contribution in [2.24, 2.45) is 0 Å². The number of rotatable bonds is 2. The summed E-state index contributed by atoms with van der Waals surface area (Å²) in [7, 11) is 0. The molecule has 0 aromatic heterocycles. The van der Waals surface area contributed by atoms with Crippen molar-refractivity contribution in [3.63, 3.8) is 0 Å². The minimum atomic E-state index is -0.357. The highest BCUT2D eigenvalue weighted by Gasteiger charge is 2.02. The van der Waals surface area contributed by atoms with Gasteiger partial charge in [-0.3, -0.25) is 4.79 Å². The molecule has 3 nitrogen and oxygen atoms in total. The summed E-state index contributed by atoms with van der Waals surface area (Å²) in [5.74, 6) is -0.534. The van der Waals surface area contributed by atoms with Crippen LogP contribution in [0.15, 0.2) is 24.3 Å². The van der Waals surface area contributed by atoms with Crippen LogP contribution in [0.25, 0.3) is 0 Å². The van der Waals surface area contributed by atoms with Gasteiger partial charge in [-0.15, -0.1) is 0 Å². The number of halogens is 1. The Kier molecular flexibility index (Phi) is 4.17. The maximum Gasteiger partial charge on any atom is 0.225 e. The van der Waals surface area contributed by atoms with E-state index in [1.807, 2.05) is 0 Å². The highest BCUT2D eigenvalue weighted by Crippen LogP contribution is 2.08. The summed E-state index contributed by atoms with van der Waals surface area (Å²) in [6.07, 6.45) is 0.352. The molecule has 0 aliphatic rings. The third kappa shape index (κ3) is 4.03. The Morgan fingerprint density at radius 1 is 1.53 bits per heavy atom. The van der Waals surface area contributed by atoms with Crippen molar-refractivity contribution in [2.45, 2.75) is 13.3 Å². The maximum absolute atomic E-state index is 12.8. The fourth-order valence-electron chi connectivity index (χ4n) is 0.944. The van der Waals surface area contributed by atoms with Gasteiger partial charge in [0.05, 0.1) is 0 Å². The molecule has 0 radical (unpaired) electrons. The fourth-order valence-corrected chi connectivity index (χ4v) is 1.18. The van der Waals surface area contributed by atoms with Crippen molar-refractivity contribution in [2.75, 3.05) is 5.32 Å². The first-order valence-electron chi connectivity index (χ1n) is 4.48. The molecule has 0 heterocycles. The van der Waals surface area contributed by atoms with Crippen LogP contribution in [0.2, 0.25) is 0 Å². The summed E-state index contributed by atoms with van der Waals surface area (Å²) in [4.78, 5) is 11.0. The molecule has 0 aliphatic carbocycles. The number of hydrogen-bond donors (Lipinski definition) is 2. The number of amides is 1. The van der Waals surface area contributed by atoms with Gasteiger partial charge in [-0.05, 0) is 30.4 Å². The number of hydrogen-bond acceptors (Lipinski definition) is 2. The summed E-state index contributed by atoms with van der Waals surface area (Å²) in [5, 5.41) is 5.34. The highest BCUT2D eigenvalue weighted by atomic mass is 32.1. The lowest BCUT2D eigenvalue weighted by Crippen LogP contribution is -2.33. The number of carbonyl (C=O) groups excluding carboxylic acids is 1. The first-order chi connectivity index (χ1) is 7.11. The van der Waals surface area contributed by atoms with Crippen LogP contribution in [-0.2, 0) is 4.79 Å². The molecular weight excluding hydrogens is 215 g/mol. The lowest BCUT2D eigenvalue weighted by Gasteiger charge is -2.08. The van der Waals surface area contributed by atoms with Crippen molar-refractivity contribution < 1.29 is 9.18 Å². The molecule has 0 aliphatic heterocycles. The largest absolute Gasteiger partial charge is 0.332 e. The highest BCUT2D eigenvalue weighted by molar-refractivity contribution is 7.80. The minimum absolute atomic E-state index is 0.174. The van der Waals surface area contributed by atoms with Crippen LogP contribution in [0.3, 0.4) is 0 Å². The Hall–Kier alpha value is -1.49. The molecule has 80 valence electrons. The molecule has 1 aromatic carbocycles. The van der Waals surface area contributed by atoms with Crippen LogP contribution >= 0.6 is 12.2 Å². The standard InChI is InChI=1S/C10H11FN2OS/c1-2-9(14)13-10(15)12-8-5-3-4-7(11)6-8/h3-6H,2H2,1H3,(H2,12,13,14,15). The second-order valence-corrected chi connectivity index (χ2v) is 3.27. The van der Waals surface area contributed by atoms with E-state index in [2.05, 4.69) is 10.6 Å². The summed E-state index contributed by atoms with van der Waals surface area (Å²) < 4.78 is 12.8. The first kappa shape index (κ1) is 11.6. The number of nitrogens with one attached hydrogen (secondary N) is 2. The zero-order chi connectivity index (χ0) is 11.3. The maximum atomic E-state index is 12.8. The number of thiocarbonyl (C=S) groups is 1. The van der Waals surface area contributed by atoms with Gasteiger partial charge in [-0.25, -0.2) is 4.39 Å². The minimum Gasteiger partial charge on any atom is -0.332 e. The molecule has 0 saturated heterocycles. The lowest BCUT2D eigenvalue weighted by molar-refractivity contribution is -0.119. The Morgan fingerprint density at radius 3 is 2.87 bits per heavy atom. The van der Waals surface area contributed by atoms with Crippen molar-refractivity contribution in [3.05, 3.63) is 30.1 Å². The quantitative estimate of drug-likeness (QED) is 0.758. The Morgan fingerprint density at radius 2 is 2.27 bits per heavy atom. The first-order valence-corrected chi connectivity index (χ1v) is 4.89. The van der Waals surface area contributed by atoms with E-state index in [0.717, 1.165) is 0 Å². The molecule has 0 saturated carbocycles. The second-order valence-electron chi connectivity index (χ2n) is 2.87. The van der Waals surface area contributed by atoms with Gasteiger partial charge in [-0.2, -0.15) is 0 Å². The van der Waals surface area contributed by atoms with Crippen LogP contribution < -0.4 is 10.6 Å². The SMILES string of the molecule is CCC(=O)NC(=S)Nc1cccc(F)c1. The third-order valence-corrected chi connectivity index (χ3v) is 1.86. The Bertz CT molecular complexity index is 381. The van der Waals surface area contributed by atoms with Gasteiger partial charge in [0.25, 0.3) is 0 Å². The molecule has 0 atom stereocenters. The lowest BCUT2D eigenvalue weighted by atomic mass is 10.3. The zero-order valence-electron chi connectivity index (χ0n) is 8.21. The van der Waals surface area contributed by atoms with Crippen molar-refractivity contribution in [1.29, 1.82) is 0 Å². The predicted octanol–water partition coefficient (Wildman–Crippen LogP) is 2.05. The van der Waals surface area contributed by atoms with Crippen molar-refractivity contribution >= 4 is 28.9 Å². The predicted molar refractivity (Wildman–Crippen MR) is 61.1 cm³/mol. The van der Waals surface area contributed by atoms with E-state index >= 15 is 0 Å². The van der Waals surface area contributed by atoms with Crippen LogP contribution in [-0.4, -0.2) is 11.0 Å². The normalized spacial score (nSPS) is 9.47. The van der Waals surface area contributed by atoms with Gasteiger partial charge >= 0.3 is 0 Å². The van der Waals surface area contributed by atoms with Gasteiger partial charge in [-0.1, -0.05) is 13.0 Å². The molecular formula is C10H11FN2OS. The average Bonchev–Trinajstić information content (AvgIpc) is 2.17. The van der Waals surface area contributed by atoms with E-state index in [0.29, 0.717) is 12.1 Å². The number of anilines is 1. The Balaban J connectivity index is 2.55. The van der Waals surface area contributed by atoms with Gasteiger partial charge in [0, 0.05) is 12.1 Å². The summed E-state index contributed by atoms with van der Waals surface area (Å²) in [6, 6.07) is 5.85. The summed E-state index contributed by atoms with van der Waals surface area (Å²) in [6.45, 7) is 1.72. The summed E-state index contributed by atoms with van der Waals surface area (Å²) >= 11 is 4.86. The Labute approximate surface area is 92.7 Å². The molecule has 5 heteroatoms. The molecule has 2 N–H and O–H groups in total. The molecule has 15 heavy (non-hydrogen) atoms. The van der Waals surface area contributed by atoms with E-state index in [1.165, 1.54) is 12.1 Å². The van der Waals surface area contributed by atoms with E-state index < -0.39 is 0 Å². The zero-order valence-corrected chi connectivity index (χ0v) is 9.03. The molecule has 1 rings (SSSR count). The van der Waals surface area contributed by atoms with Gasteiger partial charge < -0.3 is 10.6 Å². The smallest absolute Gasteiger partial charge is 0.225 e. The molecule has 0 unspecified atom stereocenters. The van der Waals surface area contributed by atoms with Gasteiger partial charge in [0.15, 0.2) is 5.11 Å². The third-order valence-electron chi connectivity index (χ3n) is 1.66. The van der Waals surface area contributed by atoms with Gasteiger partial charge in [0.1, 0.15) is 5.82 Å². The molecule has 1 aromatic rings. The van der Waals surface area contributed by atoms with E-state index in [-0.39, 0.29) is 16.8 Å². The van der Waals surface area contributed by atoms with E-state index in [1.54, 1.807) is 19.1 Å². The molecule has 0 spiro atoms. The van der Waals surface area contributed by atoms with Crippen LogP contribution in [0.1, 0.15) is 13.3 Å². The van der Waals surface area contributed by atoms with Gasteiger partial charge in [0.2, 0.25) is 5.91 Å². The van der Waals surface area contributed by atoms with Crippen LogP contribution in [0.5, 0.6) is 0 Å². The number of carbonyl (C=O) groups is 1. The van der Waals surface area contributed by atoms with Crippen molar-refractivity contribution in [1.82, 2.24) is 5.32 Å². The molecule has 0 bridgehead atoms. The van der Waals surface area contributed by atoms with Crippen molar-refractivity contribution in [3.8, 4) is 0 Å².